The molecule has 0 unspecified atom stereocenters. The van der Waals surface area contributed by atoms with Crippen LogP contribution in [-0.4, -0.2) is 15.9 Å². The standard InChI is InChI=1S/C18H14F2N.C5H8O2.Ir/c1-10-4-11(2)6-14(5-10)18-12(3)7-13-8-15(19)16(20)9-17(13)21-18;1-4(6)3-5(2)7;/h4-5,7-9H,1-3H3;3,6H,1-2H3;/q-1;;/b;4-3-;. The van der Waals surface area contributed by atoms with Gasteiger partial charge in [0.1, 0.15) is 0 Å². The fourth-order valence-corrected chi connectivity index (χ4v) is 2.86. The Labute approximate surface area is 182 Å². The van der Waals surface area contributed by atoms with Crippen LogP contribution >= 0.6 is 0 Å². The van der Waals surface area contributed by atoms with Crippen molar-refractivity contribution in [1.82, 2.24) is 4.98 Å². The summed E-state index contributed by atoms with van der Waals surface area (Å²) in [4.78, 5) is 14.5. The molecule has 1 N–H and O–H groups in total. The first-order valence-electron chi connectivity index (χ1n) is 8.72. The molecule has 0 fully saturated rings. The van der Waals surface area contributed by atoms with E-state index in [2.05, 4.69) is 11.1 Å². The summed E-state index contributed by atoms with van der Waals surface area (Å²) in [5, 5.41) is 8.96. The number of aryl methyl sites for hydroxylation is 3. The molecular weight excluding hydrogens is 552 g/mol. The van der Waals surface area contributed by atoms with Crippen LogP contribution in [0.2, 0.25) is 0 Å². The molecule has 6 heteroatoms. The minimum atomic E-state index is -0.880. The Kier molecular flexibility index (Phi) is 8.80. The zero-order chi connectivity index (χ0) is 21.0. The van der Waals surface area contributed by atoms with Crippen molar-refractivity contribution in [2.75, 3.05) is 0 Å². The number of ketones is 1. The summed E-state index contributed by atoms with van der Waals surface area (Å²) in [7, 11) is 0. The number of pyridine rings is 1. The molecule has 155 valence electrons. The fraction of sp³-hybridized carbons (Fsp3) is 0.217. The number of rotatable bonds is 2. The number of aliphatic hydroxyl groups is 1. The van der Waals surface area contributed by atoms with Crippen molar-refractivity contribution in [3.05, 3.63) is 76.6 Å². The molecule has 0 aliphatic rings. The number of benzene rings is 2. The first-order chi connectivity index (χ1) is 13.1. The smallest absolute Gasteiger partial charge is 0.160 e. The van der Waals surface area contributed by atoms with E-state index in [0.29, 0.717) is 10.9 Å². The Bertz CT molecular complexity index is 1050. The Morgan fingerprint density at radius 3 is 2.17 bits per heavy atom. The Balaban J connectivity index is 0.000000456. The number of fused-ring (bicyclic) bond motifs is 1. The van der Waals surface area contributed by atoms with Crippen molar-refractivity contribution < 1.29 is 38.8 Å². The maximum absolute atomic E-state index is 13.4. The molecule has 0 amide bonds. The summed E-state index contributed by atoms with van der Waals surface area (Å²) in [5.41, 5.74) is 5.12. The molecule has 3 nitrogen and oxygen atoms in total. The maximum atomic E-state index is 13.4. The second kappa shape index (κ2) is 10.4. The van der Waals surface area contributed by atoms with Gasteiger partial charge in [-0.1, -0.05) is 25.5 Å². The van der Waals surface area contributed by atoms with Gasteiger partial charge >= 0.3 is 0 Å². The van der Waals surface area contributed by atoms with Gasteiger partial charge in [0, 0.05) is 37.6 Å². The Morgan fingerprint density at radius 2 is 1.66 bits per heavy atom. The molecule has 0 saturated heterocycles. The van der Waals surface area contributed by atoms with Crippen LogP contribution in [0.4, 0.5) is 8.78 Å². The summed E-state index contributed by atoms with van der Waals surface area (Å²) in [6.45, 7) is 8.74. The maximum Gasteiger partial charge on any atom is 0.160 e. The molecule has 3 aromatic rings. The molecule has 0 spiro atoms. The Hall–Kier alpha value is -2.43. The normalized spacial score (nSPS) is 10.8. The SMILES string of the molecule is CC(=O)/C=C(/C)O.Cc1[c-]c(-c2nc3cc(F)c(F)cc3cc2C)cc(C)c1.[Ir]. The molecule has 0 aliphatic heterocycles. The van der Waals surface area contributed by atoms with Crippen LogP contribution in [0.25, 0.3) is 22.2 Å². The van der Waals surface area contributed by atoms with Gasteiger partial charge in [0.2, 0.25) is 0 Å². The summed E-state index contributed by atoms with van der Waals surface area (Å²) in [6, 6.07) is 11.4. The molecule has 0 atom stereocenters. The molecule has 0 saturated carbocycles. The van der Waals surface area contributed by atoms with E-state index in [0.717, 1.165) is 34.0 Å². The topological polar surface area (TPSA) is 50.2 Å². The van der Waals surface area contributed by atoms with Crippen LogP contribution < -0.4 is 0 Å². The van der Waals surface area contributed by atoms with Crippen molar-refractivity contribution in [3.63, 3.8) is 0 Å². The number of carbonyl (C=O) groups excluding carboxylic acids is 1. The number of hydrogen-bond acceptors (Lipinski definition) is 3. The third-order valence-corrected chi connectivity index (χ3v) is 3.86. The molecule has 1 radical (unpaired) electrons. The molecule has 29 heavy (non-hydrogen) atoms. The van der Waals surface area contributed by atoms with Gasteiger partial charge in [-0.15, -0.1) is 34.9 Å². The second-order valence-electron chi connectivity index (χ2n) is 6.76. The van der Waals surface area contributed by atoms with Gasteiger partial charge in [-0.25, -0.2) is 8.78 Å². The van der Waals surface area contributed by atoms with Gasteiger partial charge in [0.05, 0.1) is 11.3 Å². The van der Waals surface area contributed by atoms with Crippen LogP contribution in [0, 0.1) is 38.5 Å². The van der Waals surface area contributed by atoms with Gasteiger partial charge in [-0.2, -0.15) is 0 Å². The number of allylic oxidation sites excluding steroid dienone is 2. The van der Waals surface area contributed by atoms with Gasteiger partial charge in [0.25, 0.3) is 0 Å². The average molecular weight is 575 g/mol. The number of nitrogens with zero attached hydrogens (tertiary/aromatic N) is 1. The van der Waals surface area contributed by atoms with E-state index in [4.69, 9.17) is 5.11 Å². The molecule has 1 heterocycles. The van der Waals surface area contributed by atoms with E-state index in [9.17, 15) is 13.6 Å². The largest absolute Gasteiger partial charge is 0.512 e. The monoisotopic (exact) mass is 575 g/mol. The first kappa shape index (κ1) is 24.6. The summed E-state index contributed by atoms with van der Waals surface area (Å²) >= 11 is 0. The van der Waals surface area contributed by atoms with E-state index in [1.165, 1.54) is 26.0 Å². The predicted molar refractivity (Wildman–Crippen MR) is 107 cm³/mol. The number of carbonyl (C=O) groups is 1. The van der Waals surface area contributed by atoms with Crippen molar-refractivity contribution >= 4 is 16.7 Å². The number of aliphatic hydroxyl groups excluding tert-OH is 1. The van der Waals surface area contributed by atoms with Crippen LogP contribution in [0.3, 0.4) is 0 Å². The zero-order valence-corrected chi connectivity index (χ0v) is 19.3. The predicted octanol–water partition coefficient (Wildman–Crippen LogP) is 5.94. The second-order valence-corrected chi connectivity index (χ2v) is 6.76. The average Bonchev–Trinajstić information content (AvgIpc) is 2.54. The molecule has 0 aliphatic carbocycles. The van der Waals surface area contributed by atoms with Crippen molar-refractivity contribution in [2.45, 2.75) is 34.6 Å². The van der Waals surface area contributed by atoms with Gasteiger partial charge in [-0.05, 0) is 32.5 Å². The third-order valence-electron chi connectivity index (χ3n) is 3.86. The molecule has 0 bridgehead atoms. The summed E-state index contributed by atoms with van der Waals surface area (Å²) in [6.07, 6.45) is 1.17. The zero-order valence-electron chi connectivity index (χ0n) is 16.9. The van der Waals surface area contributed by atoms with Crippen LogP contribution in [0.15, 0.2) is 42.2 Å². The first-order valence-corrected chi connectivity index (χ1v) is 8.72. The van der Waals surface area contributed by atoms with Gasteiger partial charge in [0.15, 0.2) is 17.4 Å². The van der Waals surface area contributed by atoms with Crippen LogP contribution in [-0.2, 0) is 24.9 Å². The van der Waals surface area contributed by atoms with Crippen molar-refractivity contribution in [1.29, 1.82) is 0 Å². The Morgan fingerprint density at radius 1 is 1.03 bits per heavy atom. The van der Waals surface area contributed by atoms with Crippen molar-refractivity contribution in [2.24, 2.45) is 0 Å². The number of hydrogen-bond donors (Lipinski definition) is 1. The van der Waals surface area contributed by atoms with Gasteiger partial charge < -0.3 is 5.11 Å². The molecule has 2 aromatic carbocycles. The summed E-state index contributed by atoms with van der Waals surface area (Å²) in [5.74, 6) is -1.80. The quantitative estimate of drug-likeness (QED) is 0.234. The summed E-state index contributed by atoms with van der Waals surface area (Å²) < 4.78 is 26.7. The van der Waals surface area contributed by atoms with Crippen LogP contribution in [0.1, 0.15) is 30.5 Å². The van der Waals surface area contributed by atoms with Crippen LogP contribution in [0.5, 0.6) is 0 Å². The van der Waals surface area contributed by atoms with E-state index in [-0.39, 0.29) is 31.6 Å². The van der Waals surface area contributed by atoms with E-state index >= 15 is 0 Å². The minimum absolute atomic E-state index is 0. The van der Waals surface area contributed by atoms with E-state index in [1.807, 2.05) is 39.0 Å². The molecular formula is C23H22F2IrNO2-. The minimum Gasteiger partial charge on any atom is -0.512 e. The van der Waals surface area contributed by atoms with E-state index in [1.54, 1.807) is 0 Å². The number of aromatic nitrogens is 1. The number of halogens is 2. The van der Waals surface area contributed by atoms with Crippen molar-refractivity contribution in [3.8, 4) is 11.3 Å². The fourth-order valence-electron chi connectivity index (χ4n) is 2.86. The van der Waals surface area contributed by atoms with Gasteiger partial charge in [-0.3, -0.25) is 9.78 Å². The van der Waals surface area contributed by atoms with E-state index < -0.39 is 11.6 Å². The third kappa shape index (κ3) is 6.84. The molecule has 1 aromatic heterocycles. The molecule has 3 rings (SSSR count).